The van der Waals surface area contributed by atoms with Crippen LogP contribution in [-0.2, 0) is 4.79 Å². The van der Waals surface area contributed by atoms with E-state index >= 15 is 0 Å². The molecule has 7 heteroatoms. The summed E-state index contributed by atoms with van der Waals surface area (Å²) in [5.74, 6) is 5.54. The maximum atomic E-state index is 12.9. The second-order valence-corrected chi connectivity index (χ2v) is 6.38. The van der Waals surface area contributed by atoms with E-state index in [-0.39, 0.29) is 10.7 Å². The number of amides is 2. The Kier molecular flexibility index (Phi) is 4.03. The van der Waals surface area contributed by atoms with Gasteiger partial charge in [0.2, 0.25) is 0 Å². The number of hydrogen-bond acceptors (Lipinski definition) is 5. The first-order chi connectivity index (χ1) is 12.6. The molecule has 0 aliphatic carbocycles. The summed E-state index contributed by atoms with van der Waals surface area (Å²) in [5.41, 5.74) is 1.75. The number of nitrogens with zero attached hydrogens (tertiary/aromatic N) is 1. The molecule has 1 saturated heterocycles. The van der Waals surface area contributed by atoms with Crippen molar-refractivity contribution >= 4 is 40.0 Å². The van der Waals surface area contributed by atoms with Crippen molar-refractivity contribution < 1.29 is 18.4 Å². The number of aromatic nitrogens is 1. The van der Waals surface area contributed by atoms with Crippen LogP contribution >= 0.6 is 11.8 Å². The Morgan fingerprint density at radius 2 is 1.96 bits per heavy atom. The molecule has 1 N–H and O–H groups in total. The van der Waals surface area contributed by atoms with E-state index in [2.05, 4.69) is 22.1 Å². The lowest BCUT2D eigenvalue weighted by molar-refractivity contribution is -0.115. The number of nitrogens with one attached hydrogen (secondary N) is 1. The molecule has 3 heterocycles. The van der Waals surface area contributed by atoms with Crippen molar-refractivity contribution in [2.45, 2.75) is 0 Å². The van der Waals surface area contributed by atoms with E-state index < -0.39 is 11.1 Å². The van der Waals surface area contributed by atoms with Gasteiger partial charge in [-0.2, -0.15) is 0 Å². The van der Waals surface area contributed by atoms with E-state index in [1.54, 1.807) is 30.6 Å². The van der Waals surface area contributed by atoms with Crippen molar-refractivity contribution in [3.05, 3.63) is 70.3 Å². The van der Waals surface area contributed by atoms with Gasteiger partial charge in [0.05, 0.1) is 10.5 Å². The number of rotatable bonds is 1. The van der Waals surface area contributed by atoms with Crippen LogP contribution in [0.4, 0.5) is 9.18 Å². The number of halogens is 1. The van der Waals surface area contributed by atoms with Gasteiger partial charge in [0.15, 0.2) is 5.58 Å². The van der Waals surface area contributed by atoms with Crippen molar-refractivity contribution in [2.75, 3.05) is 0 Å². The topological polar surface area (TPSA) is 72.2 Å². The van der Waals surface area contributed by atoms with Crippen LogP contribution in [0.5, 0.6) is 0 Å². The number of benzene rings is 1. The van der Waals surface area contributed by atoms with Crippen LogP contribution in [-0.4, -0.2) is 16.1 Å². The molecule has 3 aromatic rings. The zero-order valence-corrected chi connectivity index (χ0v) is 13.9. The van der Waals surface area contributed by atoms with Gasteiger partial charge < -0.3 is 4.42 Å². The maximum Gasteiger partial charge on any atom is 0.290 e. The number of thioether (sulfide) groups is 1. The highest BCUT2D eigenvalue weighted by atomic mass is 32.2. The zero-order chi connectivity index (χ0) is 18.1. The van der Waals surface area contributed by atoms with Crippen molar-refractivity contribution in [1.29, 1.82) is 0 Å². The van der Waals surface area contributed by atoms with Gasteiger partial charge in [-0.25, -0.2) is 4.39 Å². The van der Waals surface area contributed by atoms with E-state index in [9.17, 15) is 14.0 Å². The van der Waals surface area contributed by atoms with E-state index in [4.69, 9.17) is 4.42 Å². The van der Waals surface area contributed by atoms with Gasteiger partial charge in [-0.3, -0.25) is 19.9 Å². The Labute approximate surface area is 151 Å². The first-order valence-electron chi connectivity index (χ1n) is 7.48. The molecule has 126 valence electrons. The minimum atomic E-state index is -0.449. The molecule has 2 aromatic heterocycles. The fraction of sp³-hybridized carbons (Fsp3) is 0. The quantitative estimate of drug-likeness (QED) is 0.527. The summed E-state index contributed by atoms with van der Waals surface area (Å²) in [6.45, 7) is 0. The molecule has 4 rings (SSSR count). The second kappa shape index (κ2) is 6.50. The Morgan fingerprint density at radius 3 is 2.69 bits per heavy atom. The normalized spacial score (nSPS) is 15.2. The lowest BCUT2D eigenvalue weighted by Crippen LogP contribution is -2.17. The molecule has 1 aliphatic rings. The molecule has 0 spiro atoms. The minimum absolute atomic E-state index is 0.265. The van der Waals surface area contributed by atoms with E-state index in [1.165, 1.54) is 18.2 Å². The fourth-order valence-corrected chi connectivity index (χ4v) is 3.03. The molecule has 0 atom stereocenters. The number of carbonyl (C=O) groups is 2. The fourth-order valence-electron chi connectivity index (χ4n) is 2.37. The minimum Gasteiger partial charge on any atom is -0.455 e. The van der Waals surface area contributed by atoms with Gasteiger partial charge in [-0.1, -0.05) is 11.8 Å². The number of hydrogen-bond donors (Lipinski definition) is 1. The number of carbonyl (C=O) groups excluding carboxylic acids is 2. The lowest BCUT2D eigenvalue weighted by Gasteiger charge is -1.93. The van der Waals surface area contributed by atoms with Crippen LogP contribution in [0, 0.1) is 17.7 Å². The van der Waals surface area contributed by atoms with Gasteiger partial charge in [-0.05, 0) is 42.1 Å². The molecule has 0 unspecified atom stereocenters. The lowest BCUT2D eigenvalue weighted by atomic mass is 10.2. The SMILES string of the molecule is O=C1NC(=O)C(=Cc2cc3cncc(C#Cc4ccc(F)cc4)c3o2)S1. The van der Waals surface area contributed by atoms with E-state index in [0.717, 1.165) is 17.1 Å². The molecule has 1 fully saturated rings. The molecule has 0 saturated carbocycles. The largest absolute Gasteiger partial charge is 0.455 e. The molecule has 1 aliphatic heterocycles. The summed E-state index contributed by atoms with van der Waals surface area (Å²) in [6.07, 6.45) is 4.69. The average molecular weight is 364 g/mol. The highest BCUT2D eigenvalue weighted by Crippen LogP contribution is 2.28. The van der Waals surface area contributed by atoms with Gasteiger partial charge in [0.25, 0.3) is 11.1 Å². The molecule has 0 radical (unpaired) electrons. The number of furan rings is 1. The monoisotopic (exact) mass is 364 g/mol. The zero-order valence-electron chi connectivity index (χ0n) is 13.1. The first-order valence-corrected chi connectivity index (χ1v) is 8.30. The van der Waals surface area contributed by atoms with Gasteiger partial charge in [-0.15, -0.1) is 0 Å². The summed E-state index contributed by atoms with van der Waals surface area (Å²) in [6, 6.07) is 7.56. The maximum absolute atomic E-state index is 12.9. The van der Waals surface area contributed by atoms with E-state index in [1.807, 2.05) is 0 Å². The Hall–Kier alpha value is -3.37. The standard InChI is InChI=1S/C19H9FN2O3S/c20-14-5-2-11(3-6-14)1-4-12-9-21-10-13-7-15(25-17(12)13)8-16-18(23)22-19(24)26-16/h2-3,5-10H,(H,22,23,24). The summed E-state index contributed by atoms with van der Waals surface area (Å²) in [5, 5.41) is 2.50. The van der Waals surface area contributed by atoms with Crippen molar-refractivity contribution in [3.8, 4) is 11.8 Å². The average Bonchev–Trinajstić information content (AvgIpc) is 3.17. The van der Waals surface area contributed by atoms with Crippen LogP contribution in [0.3, 0.4) is 0 Å². The predicted molar refractivity (Wildman–Crippen MR) is 95.5 cm³/mol. The molecule has 5 nitrogen and oxygen atoms in total. The number of fused-ring (bicyclic) bond motifs is 1. The summed E-state index contributed by atoms with van der Waals surface area (Å²) in [7, 11) is 0. The number of imide groups is 1. The highest BCUT2D eigenvalue weighted by Gasteiger charge is 2.25. The first kappa shape index (κ1) is 16.1. The van der Waals surface area contributed by atoms with E-state index in [0.29, 0.717) is 22.5 Å². The Bertz CT molecular complexity index is 1140. The third-order valence-electron chi connectivity index (χ3n) is 3.54. The van der Waals surface area contributed by atoms with Crippen molar-refractivity contribution in [1.82, 2.24) is 10.3 Å². The van der Waals surface area contributed by atoms with Gasteiger partial charge in [0.1, 0.15) is 11.6 Å². The number of pyridine rings is 1. The predicted octanol–water partition coefficient (Wildman–Crippen LogP) is 3.69. The Balaban J connectivity index is 1.70. The van der Waals surface area contributed by atoms with Crippen LogP contribution in [0.2, 0.25) is 0 Å². The molecular weight excluding hydrogens is 355 g/mol. The van der Waals surface area contributed by atoms with Crippen LogP contribution in [0.1, 0.15) is 16.9 Å². The van der Waals surface area contributed by atoms with Crippen molar-refractivity contribution in [2.24, 2.45) is 0 Å². The molecule has 26 heavy (non-hydrogen) atoms. The van der Waals surface area contributed by atoms with Crippen LogP contribution in [0.25, 0.3) is 17.0 Å². The smallest absolute Gasteiger partial charge is 0.290 e. The molecule has 2 amide bonds. The van der Waals surface area contributed by atoms with Gasteiger partial charge >= 0.3 is 0 Å². The molecule has 1 aromatic carbocycles. The molecule has 0 bridgehead atoms. The van der Waals surface area contributed by atoms with Crippen LogP contribution < -0.4 is 5.32 Å². The van der Waals surface area contributed by atoms with Gasteiger partial charge in [0, 0.05) is 29.4 Å². The third kappa shape index (κ3) is 3.23. The second-order valence-electron chi connectivity index (χ2n) is 5.36. The summed E-state index contributed by atoms with van der Waals surface area (Å²) >= 11 is 0.819. The summed E-state index contributed by atoms with van der Waals surface area (Å²) < 4.78 is 18.7. The third-order valence-corrected chi connectivity index (χ3v) is 4.35. The van der Waals surface area contributed by atoms with Crippen LogP contribution in [0.15, 0.2) is 52.0 Å². The summed E-state index contributed by atoms with van der Waals surface area (Å²) in [4.78, 5) is 27.3. The Morgan fingerprint density at radius 1 is 1.15 bits per heavy atom. The molecular formula is C19H9FN2O3S. The highest BCUT2D eigenvalue weighted by molar-refractivity contribution is 8.18. The van der Waals surface area contributed by atoms with Crippen molar-refractivity contribution in [3.63, 3.8) is 0 Å².